The van der Waals surface area contributed by atoms with E-state index in [9.17, 15) is 0 Å². The van der Waals surface area contributed by atoms with Gasteiger partial charge in [0, 0.05) is 17.8 Å². The molecule has 0 radical (unpaired) electrons. The van der Waals surface area contributed by atoms with Crippen molar-refractivity contribution in [1.82, 2.24) is 9.97 Å². The van der Waals surface area contributed by atoms with Crippen LogP contribution >= 0.6 is 0 Å². The van der Waals surface area contributed by atoms with E-state index in [4.69, 9.17) is 0 Å². The molecule has 1 heterocycles. The highest BCUT2D eigenvalue weighted by Gasteiger charge is 2.19. The second-order valence-corrected chi connectivity index (χ2v) is 4.78. The second kappa shape index (κ2) is 3.95. The van der Waals surface area contributed by atoms with Crippen molar-refractivity contribution in [2.24, 2.45) is 5.41 Å². The van der Waals surface area contributed by atoms with Crippen LogP contribution in [0.3, 0.4) is 0 Å². The lowest BCUT2D eigenvalue weighted by molar-refractivity contribution is 0.358. The average Bonchev–Trinajstić information content (AvgIpc) is 2.02. The summed E-state index contributed by atoms with van der Waals surface area (Å²) in [4.78, 5) is 8.23. The maximum Gasteiger partial charge on any atom is 0.129 e. The molecule has 0 amide bonds. The minimum Gasteiger partial charge on any atom is -0.367 e. The summed E-state index contributed by atoms with van der Waals surface area (Å²) in [5.74, 6) is 0.903. The summed E-state index contributed by atoms with van der Waals surface area (Å²) in [5.41, 5.74) is 1.22. The Hall–Kier alpha value is -1.12. The minimum absolute atomic E-state index is 0.235. The van der Waals surface area contributed by atoms with E-state index in [1.54, 1.807) is 6.33 Å². The van der Waals surface area contributed by atoms with Crippen molar-refractivity contribution in [3.8, 4) is 0 Å². The van der Waals surface area contributed by atoms with Gasteiger partial charge in [-0.25, -0.2) is 9.97 Å². The van der Waals surface area contributed by atoms with E-state index in [-0.39, 0.29) is 5.41 Å². The van der Waals surface area contributed by atoms with Gasteiger partial charge in [0.2, 0.25) is 0 Å². The molecule has 14 heavy (non-hydrogen) atoms. The third-order valence-corrected chi connectivity index (χ3v) is 2.47. The van der Waals surface area contributed by atoms with Crippen LogP contribution < -0.4 is 5.32 Å². The Morgan fingerprint density at radius 1 is 1.29 bits per heavy atom. The lowest BCUT2D eigenvalue weighted by Gasteiger charge is -2.28. The minimum atomic E-state index is 0.235. The highest BCUT2D eigenvalue weighted by molar-refractivity contribution is 5.35. The number of nitrogens with one attached hydrogen (secondary N) is 1. The van der Waals surface area contributed by atoms with Crippen LogP contribution in [0.5, 0.6) is 0 Å². The van der Waals surface area contributed by atoms with E-state index in [2.05, 4.69) is 43.0 Å². The normalized spacial score (nSPS) is 13.8. The molecular formula is C11H19N3. The molecule has 0 aromatic carbocycles. The van der Waals surface area contributed by atoms with Gasteiger partial charge in [-0.1, -0.05) is 20.8 Å². The molecule has 1 unspecified atom stereocenters. The van der Waals surface area contributed by atoms with Crippen LogP contribution in [0.2, 0.25) is 0 Å². The molecule has 1 aromatic heterocycles. The molecule has 0 spiro atoms. The maximum atomic E-state index is 4.17. The Bertz CT molecular complexity index is 302. The fourth-order valence-corrected chi connectivity index (χ4v) is 0.972. The lowest BCUT2D eigenvalue weighted by atomic mass is 9.88. The smallest absolute Gasteiger partial charge is 0.129 e. The van der Waals surface area contributed by atoms with Gasteiger partial charge >= 0.3 is 0 Å². The summed E-state index contributed by atoms with van der Waals surface area (Å²) in [7, 11) is 0. The zero-order chi connectivity index (χ0) is 10.8. The largest absolute Gasteiger partial charge is 0.367 e. The van der Waals surface area contributed by atoms with Crippen molar-refractivity contribution < 1.29 is 0 Å². The molecule has 0 aliphatic rings. The molecular weight excluding hydrogens is 174 g/mol. The Morgan fingerprint density at radius 3 is 2.43 bits per heavy atom. The first-order chi connectivity index (χ1) is 6.39. The van der Waals surface area contributed by atoms with Crippen molar-refractivity contribution in [2.75, 3.05) is 5.32 Å². The number of aromatic nitrogens is 2. The van der Waals surface area contributed by atoms with Gasteiger partial charge in [-0.2, -0.15) is 0 Å². The van der Waals surface area contributed by atoms with Crippen LogP contribution in [0.4, 0.5) is 5.82 Å². The van der Waals surface area contributed by atoms with Crippen LogP contribution in [0.1, 0.15) is 33.4 Å². The molecule has 3 nitrogen and oxygen atoms in total. The first kappa shape index (κ1) is 11.0. The van der Waals surface area contributed by atoms with Crippen molar-refractivity contribution in [3.05, 3.63) is 18.1 Å². The quantitative estimate of drug-likeness (QED) is 0.784. The van der Waals surface area contributed by atoms with Crippen LogP contribution in [0.15, 0.2) is 12.4 Å². The molecule has 1 rings (SSSR count). The van der Waals surface area contributed by atoms with E-state index in [1.165, 1.54) is 0 Å². The standard InChI is InChI=1S/C11H19N3/c1-8-6-10(13-7-12-8)14-9(2)11(3,4)5/h6-7,9H,1-5H3,(H,12,13,14). The van der Waals surface area contributed by atoms with Crippen molar-refractivity contribution >= 4 is 5.82 Å². The molecule has 1 N–H and O–H groups in total. The van der Waals surface area contributed by atoms with E-state index in [0.717, 1.165) is 11.5 Å². The molecule has 0 aliphatic carbocycles. The first-order valence-corrected chi connectivity index (χ1v) is 4.95. The summed E-state index contributed by atoms with van der Waals surface area (Å²) >= 11 is 0. The number of rotatable bonds is 2. The monoisotopic (exact) mass is 193 g/mol. The third-order valence-electron chi connectivity index (χ3n) is 2.47. The van der Waals surface area contributed by atoms with Gasteiger partial charge in [-0.3, -0.25) is 0 Å². The van der Waals surface area contributed by atoms with Crippen LogP contribution in [-0.4, -0.2) is 16.0 Å². The molecule has 78 valence electrons. The molecule has 1 aromatic rings. The second-order valence-electron chi connectivity index (χ2n) is 4.78. The van der Waals surface area contributed by atoms with E-state index >= 15 is 0 Å². The van der Waals surface area contributed by atoms with E-state index in [1.807, 2.05) is 13.0 Å². The molecule has 0 fully saturated rings. The lowest BCUT2D eigenvalue weighted by Crippen LogP contribution is -2.31. The van der Waals surface area contributed by atoms with Crippen LogP contribution in [0, 0.1) is 12.3 Å². The summed E-state index contributed by atoms with van der Waals surface area (Å²) in [6.45, 7) is 10.8. The maximum absolute atomic E-state index is 4.17. The number of anilines is 1. The van der Waals surface area contributed by atoms with Crippen molar-refractivity contribution in [2.45, 2.75) is 40.7 Å². The zero-order valence-corrected chi connectivity index (χ0v) is 9.63. The Kier molecular flexibility index (Phi) is 3.09. The van der Waals surface area contributed by atoms with Gasteiger partial charge in [0.15, 0.2) is 0 Å². The highest BCUT2D eigenvalue weighted by Crippen LogP contribution is 2.21. The van der Waals surface area contributed by atoms with Crippen LogP contribution in [-0.2, 0) is 0 Å². The van der Waals surface area contributed by atoms with Crippen molar-refractivity contribution in [3.63, 3.8) is 0 Å². The molecule has 0 saturated carbocycles. The summed E-state index contributed by atoms with van der Waals surface area (Å²) in [6, 6.07) is 2.35. The summed E-state index contributed by atoms with van der Waals surface area (Å²) < 4.78 is 0. The molecule has 1 atom stereocenters. The fourth-order valence-electron chi connectivity index (χ4n) is 0.972. The van der Waals surface area contributed by atoms with Gasteiger partial charge < -0.3 is 5.32 Å². The van der Waals surface area contributed by atoms with E-state index < -0.39 is 0 Å². The first-order valence-electron chi connectivity index (χ1n) is 4.95. The molecule has 3 heteroatoms. The molecule has 0 saturated heterocycles. The van der Waals surface area contributed by atoms with Crippen LogP contribution in [0.25, 0.3) is 0 Å². The van der Waals surface area contributed by atoms with Gasteiger partial charge in [0.1, 0.15) is 12.1 Å². The molecule has 0 bridgehead atoms. The molecule has 0 aliphatic heterocycles. The number of nitrogens with zero attached hydrogens (tertiary/aromatic N) is 2. The SMILES string of the molecule is Cc1cc(NC(C)C(C)(C)C)ncn1. The summed E-state index contributed by atoms with van der Waals surface area (Å²) in [6.07, 6.45) is 1.59. The predicted molar refractivity (Wildman–Crippen MR) is 59.3 cm³/mol. The van der Waals surface area contributed by atoms with Gasteiger partial charge in [-0.05, 0) is 19.3 Å². The number of aryl methyl sites for hydroxylation is 1. The third kappa shape index (κ3) is 2.98. The van der Waals surface area contributed by atoms with E-state index in [0.29, 0.717) is 6.04 Å². The highest BCUT2D eigenvalue weighted by atomic mass is 15.0. The topological polar surface area (TPSA) is 37.8 Å². The summed E-state index contributed by atoms with van der Waals surface area (Å²) in [5, 5.41) is 3.37. The fraction of sp³-hybridized carbons (Fsp3) is 0.636. The Labute approximate surface area is 86.0 Å². The number of hydrogen-bond donors (Lipinski definition) is 1. The van der Waals surface area contributed by atoms with Crippen molar-refractivity contribution in [1.29, 1.82) is 0 Å². The Morgan fingerprint density at radius 2 is 1.93 bits per heavy atom. The Balaban J connectivity index is 2.70. The zero-order valence-electron chi connectivity index (χ0n) is 9.63. The number of hydrogen-bond acceptors (Lipinski definition) is 3. The van der Waals surface area contributed by atoms with Gasteiger partial charge in [-0.15, -0.1) is 0 Å². The predicted octanol–water partition coefficient (Wildman–Crippen LogP) is 2.63. The van der Waals surface area contributed by atoms with Gasteiger partial charge in [0.05, 0.1) is 0 Å². The average molecular weight is 193 g/mol. The van der Waals surface area contributed by atoms with Gasteiger partial charge in [0.25, 0.3) is 0 Å².